The molecule has 1 aliphatic rings. The summed E-state index contributed by atoms with van der Waals surface area (Å²) in [6.45, 7) is -0.312. The SMILES string of the molecule is N#Cc1c(NC(=O)COC(=O)c2ccc(=O)n(Cc3ccccc3)n2)sc2c1CCCCC2. The number of amides is 1. The van der Waals surface area contributed by atoms with Gasteiger partial charge < -0.3 is 10.1 Å². The van der Waals surface area contributed by atoms with Gasteiger partial charge in [0.15, 0.2) is 12.3 Å². The Morgan fingerprint density at radius 2 is 1.91 bits per heavy atom. The molecular weight excluding hydrogens is 440 g/mol. The summed E-state index contributed by atoms with van der Waals surface area (Å²) in [5.41, 5.74) is 1.97. The number of fused-ring (bicyclic) bond motifs is 1. The van der Waals surface area contributed by atoms with Crippen LogP contribution in [0.3, 0.4) is 0 Å². The zero-order chi connectivity index (χ0) is 23.2. The van der Waals surface area contributed by atoms with E-state index >= 15 is 0 Å². The van der Waals surface area contributed by atoms with E-state index in [9.17, 15) is 19.6 Å². The van der Waals surface area contributed by atoms with Crippen molar-refractivity contribution in [1.29, 1.82) is 5.26 Å². The second kappa shape index (κ2) is 10.2. The number of anilines is 1. The lowest BCUT2D eigenvalue weighted by molar-refractivity contribution is -0.119. The number of nitrogens with one attached hydrogen (secondary N) is 1. The number of nitriles is 1. The summed E-state index contributed by atoms with van der Waals surface area (Å²) in [7, 11) is 0. The first kappa shape index (κ1) is 22.4. The summed E-state index contributed by atoms with van der Waals surface area (Å²) in [6, 6.07) is 14.0. The van der Waals surface area contributed by atoms with Gasteiger partial charge in [-0.15, -0.1) is 11.3 Å². The number of carbonyl (C=O) groups excluding carboxylic acids is 2. The molecule has 0 bridgehead atoms. The van der Waals surface area contributed by atoms with Crippen LogP contribution in [0.15, 0.2) is 47.3 Å². The van der Waals surface area contributed by atoms with Gasteiger partial charge in [-0.05, 0) is 42.9 Å². The second-order valence-electron chi connectivity index (χ2n) is 7.70. The van der Waals surface area contributed by atoms with Crippen molar-refractivity contribution in [3.05, 3.63) is 80.1 Å². The molecule has 33 heavy (non-hydrogen) atoms. The molecule has 0 fully saturated rings. The Hall–Kier alpha value is -3.77. The molecule has 1 aliphatic carbocycles. The van der Waals surface area contributed by atoms with Gasteiger partial charge in [-0.3, -0.25) is 9.59 Å². The van der Waals surface area contributed by atoms with Gasteiger partial charge in [0, 0.05) is 10.9 Å². The molecule has 0 saturated heterocycles. The number of hydrogen-bond acceptors (Lipinski definition) is 7. The Morgan fingerprint density at radius 1 is 1.12 bits per heavy atom. The Labute approximate surface area is 194 Å². The molecule has 8 nitrogen and oxygen atoms in total. The predicted octanol–water partition coefficient (Wildman–Crippen LogP) is 3.29. The van der Waals surface area contributed by atoms with E-state index in [1.54, 1.807) is 0 Å². The van der Waals surface area contributed by atoms with Gasteiger partial charge in [0.1, 0.15) is 11.1 Å². The quantitative estimate of drug-likeness (QED) is 0.444. The number of aryl methyl sites for hydroxylation is 1. The highest BCUT2D eigenvalue weighted by atomic mass is 32.1. The van der Waals surface area contributed by atoms with Crippen molar-refractivity contribution < 1.29 is 14.3 Å². The molecule has 3 aromatic rings. The summed E-state index contributed by atoms with van der Waals surface area (Å²) >= 11 is 1.42. The van der Waals surface area contributed by atoms with Gasteiger partial charge in [0.2, 0.25) is 0 Å². The van der Waals surface area contributed by atoms with E-state index in [1.807, 2.05) is 30.3 Å². The fourth-order valence-corrected chi connectivity index (χ4v) is 5.00. The van der Waals surface area contributed by atoms with Gasteiger partial charge in [-0.1, -0.05) is 36.8 Å². The van der Waals surface area contributed by atoms with Crippen LogP contribution in [0.25, 0.3) is 0 Å². The first-order chi connectivity index (χ1) is 16.0. The van der Waals surface area contributed by atoms with Gasteiger partial charge in [0.25, 0.3) is 11.5 Å². The fraction of sp³-hybridized carbons (Fsp3) is 0.292. The maximum atomic E-state index is 12.4. The molecule has 9 heteroatoms. The Balaban J connectivity index is 1.39. The number of aromatic nitrogens is 2. The van der Waals surface area contributed by atoms with Crippen molar-refractivity contribution in [3.63, 3.8) is 0 Å². The molecule has 168 valence electrons. The van der Waals surface area contributed by atoms with E-state index in [4.69, 9.17) is 4.74 Å². The standard InChI is InChI=1S/C24H22N4O4S/c25-13-18-17-9-5-2-6-10-20(17)33-23(18)26-21(29)15-32-24(31)19-11-12-22(30)28(27-19)14-16-7-3-1-4-8-16/h1,3-4,7-8,11-12H,2,5-6,9-10,14-15H2,(H,26,29). The van der Waals surface area contributed by atoms with Crippen LogP contribution in [0.1, 0.15) is 51.3 Å². The minimum Gasteiger partial charge on any atom is -0.451 e. The molecular formula is C24H22N4O4S. The zero-order valence-electron chi connectivity index (χ0n) is 17.9. The lowest BCUT2D eigenvalue weighted by Gasteiger charge is -2.08. The summed E-state index contributed by atoms with van der Waals surface area (Å²) < 4.78 is 6.27. The van der Waals surface area contributed by atoms with E-state index in [0.717, 1.165) is 48.1 Å². The van der Waals surface area contributed by atoms with Gasteiger partial charge >= 0.3 is 5.97 Å². The summed E-state index contributed by atoms with van der Waals surface area (Å²) in [5, 5.41) is 16.8. The van der Waals surface area contributed by atoms with Crippen LogP contribution in [0.2, 0.25) is 0 Å². The van der Waals surface area contributed by atoms with Gasteiger partial charge in [0.05, 0.1) is 12.1 Å². The van der Waals surface area contributed by atoms with E-state index in [2.05, 4.69) is 16.5 Å². The fourth-order valence-electron chi connectivity index (χ4n) is 3.74. The Kier molecular flexibility index (Phi) is 6.95. The highest BCUT2D eigenvalue weighted by Crippen LogP contribution is 2.36. The number of carbonyl (C=O) groups is 2. The predicted molar refractivity (Wildman–Crippen MR) is 123 cm³/mol. The molecule has 2 heterocycles. The molecule has 0 atom stereocenters. The minimum absolute atomic E-state index is 0.0705. The first-order valence-electron chi connectivity index (χ1n) is 10.7. The Morgan fingerprint density at radius 3 is 2.70 bits per heavy atom. The molecule has 0 unspecified atom stereocenters. The number of rotatable bonds is 6. The maximum absolute atomic E-state index is 12.4. The number of hydrogen-bond donors (Lipinski definition) is 1. The Bertz CT molecular complexity index is 1270. The summed E-state index contributed by atoms with van der Waals surface area (Å²) in [5.74, 6) is -1.34. The average Bonchev–Trinajstić information content (AvgIpc) is 2.98. The number of thiophene rings is 1. The minimum atomic E-state index is -0.811. The third-order valence-electron chi connectivity index (χ3n) is 5.37. The third kappa shape index (κ3) is 5.35. The molecule has 0 spiro atoms. The number of benzene rings is 1. The first-order valence-corrected chi connectivity index (χ1v) is 11.5. The molecule has 0 saturated carbocycles. The van der Waals surface area contributed by atoms with Crippen LogP contribution in [0, 0.1) is 11.3 Å². The second-order valence-corrected chi connectivity index (χ2v) is 8.81. The smallest absolute Gasteiger partial charge is 0.359 e. The topological polar surface area (TPSA) is 114 Å². The van der Waals surface area contributed by atoms with E-state index in [1.165, 1.54) is 28.2 Å². The number of nitrogens with zero attached hydrogens (tertiary/aromatic N) is 3. The molecule has 1 N–H and O–H groups in total. The lowest BCUT2D eigenvalue weighted by atomic mass is 10.1. The van der Waals surface area contributed by atoms with Crippen molar-refractivity contribution >= 4 is 28.2 Å². The van der Waals surface area contributed by atoms with Crippen molar-refractivity contribution in [1.82, 2.24) is 9.78 Å². The molecule has 4 rings (SSSR count). The van der Waals surface area contributed by atoms with E-state index in [-0.39, 0.29) is 17.8 Å². The summed E-state index contributed by atoms with van der Waals surface area (Å²) in [4.78, 5) is 38.0. The third-order valence-corrected chi connectivity index (χ3v) is 6.58. The van der Waals surface area contributed by atoms with Crippen LogP contribution < -0.4 is 10.9 Å². The zero-order valence-corrected chi connectivity index (χ0v) is 18.7. The molecule has 0 radical (unpaired) electrons. The van der Waals surface area contributed by atoms with E-state index < -0.39 is 18.5 Å². The van der Waals surface area contributed by atoms with Crippen LogP contribution in [0.4, 0.5) is 5.00 Å². The normalized spacial score (nSPS) is 12.8. The highest BCUT2D eigenvalue weighted by Gasteiger charge is 2.21. The number of esters is 1. The monoisotopic (exact) mass is 462 g/mol. The summed E-state index contributed by atoms with van der Waals surface area (Å²) in [6.07, 6.45) is 4.98. The molecule has 1 amide bonds. The highest BCUT2D eigenvalue weighted by molar-refractivity contribution is 7.16. The van der Waals surface area contributed by atoms with Gasteiger partial charge in [-0.2, -0.15) is 10.4 Å². The van der Waals surface area contributed by atoms with Crippen molar-refractivity contribution in [2.24, 2.45) is 0 Å². The number of ether oxygens (including phenoxy) is 1. The van der Waals surface area contributed by atoms with Crippen LogP contribution in [0.5, 0.6) is 0 Å². The largest absolute Gasteiger partial charge is 0.451 e. The lowest BCUT2D eigenvalue weighted by Crippen LogP contribution is -2.26. The van der Waals surface area contributed by atoms with Crippen molar-refractivity contribution in [2.75, 3.05) is 11.9 Å². The van der Waals surface area contributed by atoms with Crippen LogP contribution in [-0.2, 0) is 28.9 Å². The average molecular weight is 463 g/mol. The van der Waals surface area contributed by atoms with Gasteiger partial charge in [-0.25, -0.2) is 9.48 Å². The maximum Gasteiger partial charge on any atom is 0.359 e. The van der Waals surface area contributed by atoms with Crippen LogP contribution in [-0.4, -0.2) is 28.3 Å². The molecule has 2 aromatic heterocycles. The van der Waals surface area contributed by atoms with Crippen molar-refractivity contribution in [3.8, 4) is 6.07 Å². The van der Waals surface area contributed by atoms with Crippen LogP contribution >= 0.6 is 11.3 Å². The molecule has 0 aliphatic heterocycles. The van der Waals surface area contributed by atoms with E-state index in [0.29, 0.717) is 10.6 Å². The molecule has 1 aromatic carbocycles. The van der Waals surface area contributed by atoms with Crippen molar-refractivity contribution in [2.45, 2.75) is 38.6 Å².